The number of amides is 1. The zero-order valence-electron chi connectivity index (χ0n) is 10.7. The standard InChI is InChI=1S/C13H16BrFN2O2/c1-17-5-6-19-9(8-17)7-16-13(18)10-3-2-4-11(15)12(10)14/h2-4,9H,5-8H2,1H3,(H,16,18). The maximum absolute atomic E-state index is 13.3. The van der Waals surface area contributed by atoms with Gasteiger partial charge in [0.2, 0.25) is 0 Å². The van der Waals surface area contributed by atoms with Crippen LogP contribution in [0.2, 0.25) is 0 Å². The van der Waals surface area contributed by atoms with Crippen molar-refractivity contribution < 1.29 is 13.9 Å². The predicted octanol–water partition coefficient (Wildman–Crippen LogP) is 1.65. The number of carbonyl (C=O) groups excluding carboxylic acids is 1. The molecular formula is C13H16BrFN2O2. The molecule has 104 valence electrons. The maximum Gasteiger partial charge on any atom is 0.252 e. The predicted molar refractivity (Wildman–Crippen MR) is 73.7 cm³/mol. The number of nitrogens with zero attached hydrogens (tertiary/aromatic N) is 1. The zero-order valence-corrected chi connectivity index (χ0v) is 12.2. The van der Waals surface area contributed by atoms with Crippen LogP contribution in [0.15, 0.2) is 22.7 Å². The molecule has 1 heterocycles. The molecule has 1 aromatic carbocycles. The number of rotatable bonds is 3. The Bertz CT molecular complexity index is 470. The summed E-state index contributed by atoms with van der Waals surface area (Å²) in [5, 5.41) is 2.77. The average molecular weight is 331 g/mol. The molecule has 0 saturated carbocycles. The number of likely N-dealkylation sites (N-methyl/N-ethyl adjacent to an activating group) is 1. The quantitative estimate of drug-likeness (QED) is 0.916. The van der Waals surface area contributed by atoms with Gasteiger partial charge in [0.05, 0.1) is 22.7 Å². The van der Waals surface area contributed by atoms with E-state index in [0.717, 1.165) is 13.1 Å². The first-order chi connectivity index (χ1) is 9.08. The molecule has 1 amide bonds. The third kappa shape index (κ3) is 3.75. The molecule has 0 spiro atoms. The van der Waals surface area contributed by atoms with Gasteiger partial charge in [-0.3, -0.25) is 4.79 Å². The third-order valence-corrected chi connectivity index (χ3v) is 3.83. The minimum absolute atomic E-state index is 0.0185. The largest absolute Gasteiger partial charge is 0.374 e. The van der Waals surface area contributed by atoms with Gasteiger partial charge in [0.1, 0.15) is 5.82 Å². The average Bonchev–Trinajstić information content (AvgIpc) is 2.39. The van der Waals surface area contributed by atoms with Crippen LogP contribution in [0.1, 0.15) is 10.4 Å². The van der Waals surface area contributed by atoms with E-state index in [-0.39, 0.29) is 16.5 Å². The van der Waals surface area contributed by atoms with E-state index >= 15 is 0 Å². The number of hydrogen-bond donors (Lipinski definition) is 1. The highest BCUT2D eigenvalue weighted by atomic mass is 79.9. The van der Waals surface area contributed by atoms with Gasteiger partial charge in [-0.1, -0.05) is 6.07 Å². The van der Waals surface area contributed by atoms with Crippen molar-refractivity contribution in [2.45, 2.75) is 6.10 Å². The molecule has 1 N–H and O–H groups in total. The minimum Gasteiger partial charge on any atom is -0.374 e. The maximum atomic E-state index is 13.3. The molecule has 0 aliphatic carbocycles. The Morgan fingerprint density at radius 3 is 3.16 bits per heavy atom. The second-order valence-corrected chi connectivity index (χ2v) is 5.36. The van der Waals surface area contributed by atoms with Crippen molar-refractivity contribution in [1.29, 1.82) is 0 Å². The van der Waals surface area contributed by atoms with E-state index in [1.54, 1.807) is 6.07 Å². The molecule has 1 aromatic rings. The molecule has 2 rings (SSSR count). The molecule has 0 radical (unpaired) electrons. The lowest BCUT2D eigenvalue weighted by Crippen LogP contribution is -2.46. The summed E-state index contributed by atoms with van der Waals surface area (Å²) >= 11 is 3.08. The van der Waals surface area contributed by atoms with E-state index in [9.17, 15) is 9.18 Å². The highest BCUT2D eigenvalue weighted by Gasteiger charge is 2.19. The van der Waals surface area contributed by atoms with Crippen molar-refractivity contribution in [3.05, 3.63) is 34.1 Å². The Morgan fingerprint density at radius 2 is 2.42 bits per heavy atom. The normalized spacial score (nSPS) is 20.3. The van der Waals surface area contributed by atoms with Crippen molar-refractivity contribution in [3.63, 3.8) is 0 Å². The van der Waals surface area contributed by atoms with Crippen LogP contribution in [0.4, 0.5) is 4.39 Å². The van der Waals surface area contributed by atoms with Crippen LogP contribution in [0.5, 0.6) is 0 Å². The molecule has 1 saturated heterocycles. The summed E-state index contributed by atoms with van der Waals surface area (Å²) < 4.78 is 19.1. The summed E-state index contributed by atoms with van der Waals surface area (Å²) in [5.74, 6) is -0.746. The Balaban J connectivity index is 1.92. The van der Waals surface area contributed by atoms with Gasteiger partial charge >= 0.3 is 0 Å². The molecule has 1 unspecified atom stereocenters. The number of ether oxygens (including phenoxy) is 1. The van der Waals surface area contributed by atoms with Crippen LogP contribution in [0.25, 0.3) is 0 Å². The molecule has 1 aliphatic heterocycles. The molecule has 0 aromatic heterocycles. The number of halogens is 2. The molecule has 4 nitrogen and oxygen atoms in total. The Morgan fingerprint density at radius 1 is 1.63 bits per heavy atom. The summed E-state index contributed by atoms with van der Waals surface area (Å²) in [4.78, 5) is 14.1. The lowest BCUT2D eigenvalue weighted by molar-refractivity contribution is -0.0175. The first-order valence-electron chi connectivity index (χ1n) is 6.10. The van der Waals surface area contributed by atoms with E-state index in [1.807, 2.05) is 7.05 Å². The number of nitrogens with one attached hydrogen (secondary N) is 1. The molecule has 19 heavy (non-hydrogen) atoms. The molecular weight excluding hydrogens is 315 g/mol. The van der Waals surface area contributed by atoms with Gasteiger partial charge in [-0.15, -0.1) is 0 Å². The SMILES string of the molecule is CN1CCOC(CNC(=O)c2cccc(F)c2Br)C1. The second-order valence-electron chi connectivity index (χ2n) is 4.57. The van der Waals surface area contributed by atoms with Crippen molar-refractivity contribution in [3.8, 4) is 0 Å². The Hall–Kier alpha value is -0.980. The fourth-order valence-corrected chi connectivity index (χ4v) is 2.42. The van der Waals surface area contributed by atoms with Crippen LogP contribution in [0.3, 0.4) is 0 Å². The van der Waals surface area contributed by atoms with Gasteiger partial charge < -0.3 is 15.0 Å². The monoisotopic (exact) mass is 330 g/mol. The van der Waals surface area contributed by atoms with Crippen LogP contribution in [-0.4, -0.2) is 50.2 Å². The van der Waals surface area contributed by atoms with Gasteiger partial charge in [-0.05, 0) is 35.1 Å². The first-order valence-corrected chi connectivity index (χ1v) is 6.89. The summed E-state index contributed by atoms with van der Waals surface area (Å²) in [6, 6.07) is 4.40. The molecule has 1 fully saturated rings. The van der Waals surface area contributed by atoms with Crippen LogP contribution >= 0.6 is 15.9 Å². The number of benzene rings is 1. The molecule has 6 heteroatoms. The minimum atomic E-state index is -0.443. The van der Waals surface area contributed by atoms with Crippen LogP contribution < -0.4 is 5.32 Å². The van der Waals surface area contributed by atoms with E-state index in [2.05, 4.69) is 26.1 Å². The highest BCUT2D eigenvalue weighted by molar-refractivity contribution is 9.10. The number of hydrogen-bond acceptors (Lipinski definition) is 3. The summed E-state index contributed by atoms with van der Waals surface area (Å²) in [5.41, 5.74) is 0.296. The third-order valence-electron chi connectivity index (χ3n) is 3.03. The first kappa shape index (κ1) is 14.4. The van der Waals surface area contributed by atoms with E-state index in [1.165, 1.54) is 12.1 Å². The van der Waals surface area contributed by atoms with E-state index in [4.69, 9.17) is 4.74 Å². The fourth-order valence-electron chi connectivity index (χ4n) is 1.97. The lowest BCUT2D eigenvalue weighted by atomic mass is 10.2. The van der Waals surface area contributed by atoms with Crippen LogP contribution in [0, 0.1) is 5.82 Å². The molecule has 1 atom stereocenters. The summed E-state index contributed by atoms with van der Waals surface area (Å²) in [6.07, 6.45) is -0.0185. The Kier molecular flexibility index (Phi) is 4.90. The van der Waals surface area contributed by atoms with Gasteiger partial charge in [-0.25, -0.2) is 4.39 Å². The highest BCUT2D eigenvalue weighted by Crippen LogP contribution is 2.20. The van der Waals surface area contributed by atoms with Gasteiger partial charge in [-0.2, -0.15) is 0 Å². The molecule has 1 aliphatic rings. The topological polar surface area (TPSA) is 41.6 Å². The Labute approximate surface area is 120 Å². The van der Waals surface area contributed by atoms with Crippen molar-refractivity contribution >= 4 is 21.8 Å². The number of carbonyl (C=O) groups is 1. The zero-order chi connectivity index (χ0) is 13.8. The van der Waals surface area contributed by atoms with E-state index in [0.29, 0.717) is 18.7 Å². The van der Waals surface area contributed by atoms with Gasteiger partial charge in [0.15, 0.2) is 0 Å². The smallest absolute Gasteiger partial charge is 0.252 e. The van der Waals surface area contributed by atoms with Crippen molar-refractivity contribution in [1.82, 2.24) is 10.2 Å². The van der Waals surface area contributed by atoms with Crippen molar-refractivity contribution in [2.75, 3.05) is 33.3 Å². The van der Waals surface area contributed by atoms with E-state index < -0.39 is 5.82 Å². The summed E-state index contributed by atoms with van der Waals surface area (Å²) in [6.45, 7) is 2.78. The lowest BCUT2D eigenvalue weighted by Gasteiger charge is -2.30. The fraction of sp³-hybridized carbons (Fsp3) is 0.462. The summed E-state index contributed by atoms with van der Waals surface area (Å²) in [7, 11) is 2.01. The van der Waals surface area contributed by atoms with Gasteiger partial charge in [0, 0.05) is 19.6 Å². The van der Waals surface area contributed by atoms with Crippen molar-refractivity contribution in [2.24, 2.45) is 0 Å². The second kappa shape index (κ2) is 6.45. The molecule has 0 bridgehead atoms. The number of morpholine rings is 1. The van der Waals surface area contributed by atoms with Crippen LogP contribution in [-0.2, 0) is 4.74 Å². The van der Waals surface area contributed by atoms with Gasteiger partial charge in [0.25, 0.3) is 5.91 Å².